The third-order valence-corrected chi connectivity index (χ3v) is 15.1. The zero-order valence-electron chi connectivity index (χ0n) is 35.1. The Morgan fingerprint density at radius 1 is 0.793 bits per heavy atom. The molecule has 6 aliphatic rings. The Labute approximate surface area is 347 Å². The van der Waals surface area contributed by atoms with Gasteiger partial charge in [0.25, 0.3) is 6.92 Å². The molecule has 1 saturated heterocycles. The molecule has 11 nitrogen and oxygen atoms in total. The Morgan fingerprint density at radius 2 is 1.28 bits per heavy atom. The van der Waals surface area contributed by atoms with Crippen LogP contribution in [0.15, 0.2) is 60.7 Å². The highest BCUT2D eigenvalue weighted by atomic mass is 32.2. The molecule has 318 valence electrons. The molecule has 5 saturated carbocycles. The van der Waals surface area contributed by atoms with E-state index in [9.17, 15) is 31.4 Å². The topological polar surface area (TPSA) is 165 Å². The van der Waals surface area contributed by atoms with Crippen LogP contribution < -0.4 is 9.44 Å². The Hall–Kier alpha value is -2.39. The van der Waals surface area contributed by atoms with Crippen LogP contribution in [0, 0.1) is 29.1 Å². The van der Waals surface area contributed by atoms with E-state index in [1.54, 1.807) is 6.82 Å². The lowest BCUT2D eigenvalue weighted by Crippen LogP contribution is -2.65. The molecule has 8 atom stereocenters. The summed E-state index contributed by atoms with van der Waals surface area (Å²) in [7, 11) is -7.42. The van der Waals surface area contributed by atoms with Crippen LogP contribution in [0.2, 0.25) is 18.5 Å². The van der Waals surface area contributed by atoms with Gasteiger partial charge >= 0.3 is 7.12 Å². The van der Waals surface area contributed by atoms with Crippen LogP contribution in [0.4, 0.5) is 0 Å². The van der Waals surface area contributed by atoms with E-state index in [1.165, 1.54) is 19.3 Å². The van der Waals surface area contributed by atoms with E-state index in [1.807, 2.05) is 60.7 Å². The number of hydrogen-bond donors (Lipinski definition) is 3. The number of hydrogen-bond acceptors (Lipinski definition) is 9. The fourth-order valence-electron chi connectivity index (χ4n) is 9.87. The molecular formula is C43H64B2N2O9S2. The van der Waals surface area contributed by atoms with Gasteiger partial charge in [-0.3, -0.25) is 9.59 Å². The molecule has 2 aromatic carbocycles. The second-order valence-corrected chi connectivity index (χ2v) is 22.6. The number of benzene rings is 2. The molecule has 0 spiro atoms. The Morgan fingerprint density at radius 3 is 1.72 bits per heavy atom. The summed E-state index contributed by atoms with van der Waals surface area (Å²) in [5.74, 6) is 1.97. The van der Waals surface area contributed by atoms with Crippen molar-refractivity contribution in [3.63, 3.8) is 0 Å². The molecular weight excluding hydrogens is 774 g/mol. The van der Waals surface area contributed by atoms with Crippen LogP contribution in [0.1, 0.15) is 96.1 Å². The van der Waals surface area contributed by atoms with Gasteiger partial charge in [-0.1, -0.05) is 113 Å². The average Bonchev–Trinajstić information content (AvgIpc) is 4.08. The van der Waals surface area contributed by atoms with Crippen molar-refractivity contribution in [1.82, 2.24) is 9.44 Å². The molecule has 2 aromatic rings. The first-order chi connectivity index (χ1) is 27.2. The van der Waals surface area contributed by atoms with Gasteiger partial charge < -0.3 is 14.3 Å². The van der Waals surface area contributed by atoms with Crippen LogP contribution in [0.3, 0.4) is 0 Å². The minimum atomic E-state index is -3.53. The Balaban J connectivity index is 0.000000209. The number of sulfonamides is 2. The van der Waals surface area contributed by atoms with Crippen LogP contribution in [-0.4, -0.2) is 83.8 Å². The maximum Gasteiger partial charge on any atom is 0.461 e. The zero-order chi connectivity index (χ0) is 42.0. The van der Waals surface area contributed by atoms with Gasteiger partial charge in [0.1, 0.15) is 0 Å². The largest absolute Gasteiger partial charge is 0.461 e. The van der Waals surface area contributed by atoms with E-state index < -0.39 is 46.2 Å². The van der Waals surface area contributed by atoms with Gasteiger partial charge in [-0.05, 0) is 85.1 Å². The normalized spacial score (nSPS) is 26.9. The molecule has 2 unspecified atom stereocenters. The standard InChI is InChI=1S/C26H38BNO5S.C17H26BNO4S/c1-25(2)19-14-23(25)26(3)24(15-19)32-27(33-26)20(12-18-10-11-18)16-22(29)21(28-34(4,30)31)13-17-8-6-5-7-9-17;1-18(21)15(10-14-8-9-14)12-17(20)16(19-24(2,22)23)11-13-6-4-3-5-7-13/h5-9,18-21,23-24,28H,10-16H2,1-4H3;3-7,14-16,19,21H,8-12H2,1-2H3/t19-,20+,21?,23-,24+,26-;15-,16?/m01/s1. The fraction of sp³-hybridized carbons (Fsp3) is 0.674. The van der Waals surface area contributed by atoms with E-state index in [0.29, 0.717) is 36.5 Å². The minimum absolute atomic E-state index is 0.0534. The highest BCUT2D eigenvalue weighted by Crippen LogP contribution is 2.66. The van der Waals surface area contributed by atoms with E-state index in [2.05, 4.69) is 30.2 Å². The molecule has 0 aromatic heterocycles. The van der Waals surface area contributed by atoms with Crippen molar-refractivity contribution in [2.45, 2.75) is 140 Å². The number of nitrogens with one attached hydrogen (secondary N) is 2. The van der Waals surface area contributed by atoms with Crippen molar-refractivity contribution < 1.29 is 40.8 Å². The number of ketones is 2. The van der Waals surface area contributed by atoms with Gasteiger partial charge in [-0.2, -0.15) is 0 Å². The molecule has 1 aliphatic heterocycles. The quantitative estimate of drug-likeness (QED) is 0.138. The van der Waals surface area contributed by atoms with Gasteiger partial charge in [0, 0.05) is 18.7 Å². The van der Waals surface area contributed by atoms with Crippen LogP contribution in [0.25, 0.3) is 0 Å². The summed E-state index contributed by atoms with van der Waals surface area (Å²) < 4.78 is 65.7. The van der Waals surface area contributed by atoms with Crippen LogP contribution in [-0.2, 0) is 51.8 Å². The summed E-state index contributed by atoms with van der Waals surface area (Å²) in [5.41, 5.74) is 1.81. The van der Waals surface area contributed by atoms with E-state index in [-0.39, 0.29) is 53.2 Å². The Bertz CT molecular complexity index is 1950. The second kappa shape index (κ2) is 18.3. The smallest absolute Gasteiger partial charge is 0.450 e. The van der Waals surface area contributed by atoms with E-state index >= 15 is 0 Å². The first-order valence-electron chi connectivity index (χ1n) is 21.3. The first-order valence-corrected chi connectivity index (χ1v) is 25.1. The third-order valence-electron chi connectivity index (χ3n) is 13.7. The highest BCUT2D eigenvalue weighted by Gasteiger charge is 2.68. The molecule has 5 aliphatic carbocycles. The molecule has 1 heterocycles. The number of carbonyl (C=O) groups excluding carboxylic acids is 2. The maximum atomic E-state index is 13.5. The zero-order valence-corrected chi connectivity index (χ0v) is 36.8. The molecule has 0 amide bonds. The summed E-state index contributed by atoms with van der Waals surface area (Å²) in [5, 5.41) is 9.95. The minimum Gasteiger partial charge on any atom is -0.450 e. The number of Topliss-reactive ketones (excluding diaryl/α,β-unsaturated/α-hetero) is 2. The summed E-state index contributed by atoms with van der Waals surface area (Å²) in [6, 6.07) is 17.4. The molecule has 3 N–H and O–H groups in total. The van der Waals surface area contributed by atoms with Crippen LogP contribution >= 0.6 is 0 Å². The molecule has 8 rings (SSSR count). The van der Waals surface area contributed by atoms with Gasteiger partial charge in [-0.15, -0.1) is 0 Å². The lowest BCUT2D eigenvalue weighted by atomic mass is 9.43. The maximum absolute atomic E-state index is 13.5. The van der Waals surface area contributed by atoms with Crippen molar-refractivity contribution in [1.29, 1.82) is 0 Å². The van der Waals surface area contributed by atoms with Crippen molar-refractivity contribution in [2.75, 3.05) is 12.5 Å². The number of carbonyl (C=O) groups is 2. The van der Waals surface area contributed by atoms with Crippen molar-refractivity contribution in [3.05, 3.63) is 71.8 Å². The highest BCUT2D eigenvalue weighted by molar-refractivity contribution is 7.89. The van der Waals surface area contributed by atoms with Crippen molar-refractivity contribution in [2.24, 2.45) is 29.1 Å². The predicted octanol–water partition coefficient (Wildman–Crippen LogP) is 5.89. The molecule has 2 bridgehead atoms. The number of rotatable bonds is 20. The van der Waals surface area contributed by atoms with Crippen LogP contribution in [0.5, 0.6) is 0 Å². The van der Waals surface area contributed by atoms with Gasteiger partial charge in [0.05, 0.1) is 36.3 Å². The lowest BCUT2D eigenvalue weighted by molar-refractivity contribution is -0.199. The molecule has 6 fully saturated rings. The molecule has 15 heteroatoms. The summed E-state index contributed by atoms with van der Waals surface area (Å²) in [4.78, 5) is 26.2. The monoisotopic (exact) mass is 838 g/mol. The first kappa shape index (κ1) is 45.1. The average molecular weight is 839 g/mol. The van der Waals surface area contributed by atoms with Gasteiger partial charge in [0.2, 0.25) is 20.0 Å². The van der Waals surface area contributed by atoms with E-state index in [4.69, 9.17) is 9.31 Å². The second-order valence-electron chi connectivity index (χ2n) is 19.1. The van der Waals surface area contributed by atoms with Crippen molar-refractivity contribution >= 4 is 45.6 Å². The van der Waals surface area contributed by atoms with Gasteiger partial charge in [0.15, 0.2) is 11.6 Å². The third kappa shape index (κ3) is 12.1. The molecule has 58 heavy (non-hydrogen) atoms. The van der Waals surface area contributed by atoms with Gasteiger partial charge in [-0.25, -0.2) is 26.3 Å². The summed E-state index contributed by atoms with van der Waals surface area (Å²) in [6.45, 7) is 8.04. The van der Waals surface area contributed by atoms with E-state index in [0.717, 1.165) is 55.7 Å². The molecule has 0 radical (unpaired) electrons. The summed E-state index contributed by atoms with van der Waals surface area (Å²) >= 11 is 0. The predicted molar refractivity (Wildman–Crippen MR) is 229 cm³/mol. The van der Waals surface area contributed by atoms with Crippen molar-refractivity contribution in [3.8, 4) is 0 Å². The SMILES string of the molecule is CB(O)[C@@H](CC(=O)C(Cc1ccccc1)NS(C)(=O)=O)CC1CC1.CC1(C)[C@@H]2C[C@H]3OB([C@@H](CC(=O)C(Cc4ccccc4)NS(C)(=O)=O)CC4CC4)O[C@@]3(C)[C@H]1C2. The summed E-state index contributed by atoms with van der Waals surface area (Å²) in [6.07, 6.45) is 12.0. The Kier molecular flexibility index (Phi) is 14.2. The lowest BCUT2D eigenvalue weighted by Gasteiger charge is -2.64. The fourth-order valence-corrected chi connectivity index (χ4v) is 11.3.